The van der Waals surface area contributed by atoms with E-state index < -0.39 is 0 Å². The van der Waals surface area contributed by atoms with Crippen molar-refractivity contribution in [3.8, 4) is 5.75 Å². The van der Waals surface area contributed by atoms with Gasteiger partial charge in [0.2, 0.25) is 5.91 Å². The Morgan fingerprint density at radius 2 is 1.89 bits per heavy atom. The lowest BCUT2D eigenvalue weighted by Gasteiger charge is -2.25. The number of halogens is 2. The van der Waals surface area contributed by atoms with Crippen molar-refractivity contribution >= 4 is 18.3 Å². The third-order valence-electron chi connectivity index (χ3n) is 4.68. The van der Waals surface area contributed by atoms with Gasteiger partial charge in [-0.05, 0) is 48.4 Å². The number of carbonyl (C=O) groups is 1. The first-order chi connectivity index (χ1) is 13.1. The SMILES string of the molecule is COc1ccc(CN(Cc2cccc(F)c2)C(=O)CC2=CCNCC2)cc1.Cl. The molecule has 1 N–H and O–H groups in total. The molecule has 4 nitrogen and oxygen atoms in total. The second kappa shape index (κ2) is 10.8. The molecule has 28 heavy (non-hydrogen) atoms. The lowest BCUT2D eigenvalue weighted by molar-refractivity contribution is -0.131. The zero-order chi connectivity index (χ0) is 19.1. The Balaban J connectivity index is 0.00000280. The van der Waals surface area contributed by atoms with E-state index in [1.807, 2.05) is 30.3 Å². The highest BCUT2D eigenvalue weighted by atomic mass is 35.5. The van der Waals surface area contributed by atoms with Crippen molar-refractivity contribution in [2.45, 2.75) is 25.9 Å². The Bertz CT molecular complexity index is 808. The highest BCUT2D eigenvalue weighted by molar-refractivity contribution is 5.85. The van der Waals surface area contributed by atoms with Gasteiger partial charge in [-0.2, -0.15) is 0 Å². The van der Waals surface area contributed by atoms with Gasteiger partial charge in [0.1, 0.15) is 11.6 Å². The maximum atomic E-state index is 13.6. The van der Waals surface area contributed by atoms with E-state index in [9.17, 15) is 9.18 Å². The normalized spacial score (nSPS) is 13.3. The average molecular weight is 405 g/mol. The largest absolute Gasteiger partial charge is 0.497 e. The Hall–Kier alpha value is -2.37. The highest BCUT2D eigenvalue weighted by Gasteiger charge is 2.17. The van der Waals surface area contributed by atoms with Gasteiger partial charge in [-0.3, -0.25) is 4.79 Å². The fraction of sp³-hybridized carbons (Fsp3) is 0.318. The number of methoxy groups -OCH3 is 1. The zero-order valence-electron chi connectivity index (χ0n) is 16.0. The fourth-order valence-corrected chi connectivity index (χ4v) is 3.18. The van der Waals surface area contributed by atoms with Crippen molar-refractivity contribution in [2.75, 3.05) is 20.2 Å². The van der Waals surface area contributed by atoms with Crippen LogP contribution in [0.15, 0.2) is 60.2 Å². The molecule has 0 unspecified atom stereocenters. The molecule has 150 valence electrons. The molecular weight excluding hydrogens is 379 g/mol. The molecule has 1 amide bonds. The maximum absolute atomic E-state index is 13.6. The third-order valence-corrected chi connectivity index (χ3v) is 4.68. The molecule has 0 saturated carbocycles. The van der Waals surface area contributed by atoms with Crippen LogP contribution in [0.2, 0.25) is 0 Å². The number of hydrogen-bond acceptors (Lipinski definition) is 3. The Morgan fingerprint density at radius 3 is 2.54 bits per heavy atom. The van der Waals surface area contributed by atoms with Gasteiger partial charge in [-0.1, -0.05) is 35.9 Å². The number of nitrogens with zero attached hydrogens (tertiary/aromatic N) is 1. The molecule has 1 aliphatic heterocycles. The second-order valence-corrected chi connectivity index (χ2v) is 6.72. The van der Waals surface area contributed by atoms with Gasteiger partial charge < -0.3 is 15.0 Å². The predicted octanol–water partition coefficient (Wildman–Crippen LogP) is 4.09. The minimum absolute atomic E-state index is 0. The Labute approximate surface area is 171 Å². The van der Waals surface area contributed by atoms with Crippen LogP contribution in [0.1, 0.15) is 24.0 Å². The van der Waals surface area contributed by atoms with Crippen molar-refractivity contribution < 1.29 is 13.9 Å². The van der Waals surface area contributed by atoms with E-state index in [1.54, 1.807) is 18.1 Å². The first-order valence-corrected chi connectivity index (χ1v) is 9.18. The molecule has 1 heterocycles. The van der Waals surface area contributed by atoms with Gasteiger partial charge in [0.25, 0.3) is 0 Å². The minimum atomic E-state index is -0.287. The number of carbonyl (C=O) groups excluding carboxylic acids is 1. The summed E-state index contributed by atoms with van der Waals surface area (Å²) in [5.41, 5.74) is 2.97. The van der Waals surface area contributed by atoms with Gasteiger partial charge in [-0.15, -0.1) is 12.4 Å². The molecule has 0 aliphatic carbocycles. The first-order valence-electron chi connectivity index (χ1n) is 9.18. The molecule has 0 aromatic heterocycles. The maximum Gasteiger partial charge on any atom is 0.227 e. The molecule has 0 atom stereocenters. The number of benzene rings is 2. The van der Waals surface area contributed by atoms with Crippen LogP contribution in [0, 0.1) is 5.82 Å². The summed E-state index contributed by atoms with van der Waals surface area (Å²) in [6.45, 7) is 2.57. The predicted molar refractivity (Wildman–Crippen MR) is 111 cm³/mol. The van der Waals surface area contributed by atoms with Crippen LogP contribution in [0.5, 0.6) is 5.75 Å². The van der Waals surface area contributed by atoms with Gasteiger partial charge >= 0.3 is 0 Å². The quantitative estimate of drug-likeness (QED) is 0.706. The monoisotopic (exact) mass is 404 g/mol. The molecule has 0 fully saturated rings. The van der Waals surface area contributed by atoms with Crippen LogP contribution < -0.4 is 10.1 Å². The van der Waals surface area contributed by atoms with Crippen LogP contribution in [0.25, 0.3) is 0 Å². The molecule has 6 heteroatoms. The smallest absolute Gasteiger partial charge is 0.227 e. The number of nitrogens with one attached hydrogen (secondary N) is 1. The highest BCUT2D eigenvalue weighted by Crippen LogP contribution is 2.18. The molecule has 3 rings (SSSR count). The van der Waals surface area contributed by atoms with Crippen LogP contribution in [0.4, 0.5) is 4.39 Å². The Kier molecular flexibility index (Phi) is 8.48. The van der Waals surface area contributed by atoms with Gasteiger partial charge in [-0.25, -0.2) is 4.39 Å². The van der Waals surface area contributed by atoms with Crippen LogP contribution in [-0.4, -0.2) is 31.0 Å². The number of amides is 1. The summed E-state index contributed by atoms with van der Waals surface area (Å²) < 4.78 is 18.8. The van der Waals surface area contributed by atoms with E-state index in [0.717, 1.165) is 42.0 Å². The molecule has 2 aromatic rings. The summed E-state index contributed by atoms with van der Waals surface area (Å²) in [5.74, 6) is 0.551. The number of hydrogen-bond donors (Lipinski definition) is 1. The Morgan fingerprint density at radius 1 is 1.14 bits per heavy atom. The van der Waals surface area contributed by atoms with Gasteiger partial charge in [0.15, 0.2) is 0 Å². The van der Waals surface area contributed by atoms with E-state index in [2.05, 4.69) is 11.4 Å². The van der Waals surface area contributed by atoms with E-state index in [1.165, 1.54) is 12.1 Å². The van der Waals surface area contributed by atoms with Gasteiger partial charge in [0, 0.05) is 26.1 Å². The van der Waals surface area contributed by atoms with Crippen molar-refractivity contribution in [3.63, 3.8) is 0 Å². The van der Waals surface area contributed by atoms with E-state index >= 15 is 0 Å². The molecule has 0 bridgehead atoms. The molecule has 2 aromatic carbocycles. The summed E-state index contributed by atoms with van der Waals surface area (Å²) in [6, 6.07) is 14.1. The summed E-state index contributed by atoms with van der Waals surface area (Å²) in [6.07, 6.45) is 3.39. The summed E-state index contributed by atoms with van der Waals surface area (Å²) in [7, 11) is 1.63. The average Bonchev–Trinajstić information content (AvgIpc) is 2.69. The van der Waals surface area contributed by atoms with Crippen molar-refractivity contribution in [2.24, 2.45) is 0 Å². The minimum Gasteiger partial charge on any atom is -0.497 e. The van der Waals surface area contributed by atoms with Crippen LogP contribution in [-0.2, 0) is 17.9 Å². The summed E-state index contributed by atoms with van der Waals surface area (Å²) in [4.78, 5) is 14.8. The molecule has 0 spiro atoms. The van der Waals surface area contributed by atoms with E-state index in [4.69, 9.17) is 4.74 Å². The van der Waals surface area contributed by atoms with Crippen molar-refractivity contribution in [3.05, 3.63) is 77.1 Å². The van der Waals surface area contributed by atoms with Crippen LogP contribution in [0.3, 0.4) is 0 Å². The van der Waals surface area contributed by atoms with Crippen molar-refractivity contribution in [1.29, 1.82) is 0 Å². The molecule has 0 radical (unpaired) electrons. The third kappa shape index (κ3) is 6.36. The van der Waals surface area contributed by atoms with Crippen LogP contribution >= 0.6 is 12.4 Å². The zero-order valence-corrected chi connectivity index (χ0v) is 16.8. The molecule has 0 saturated heterocycles. The number of ether oxygens (including phenoxy) is 1. The summed E-state index contributed by atoms with van der Waals surface area (Å²) >= 11 is 0. The van der Waals surface area contributed by atoms with Crippen molar-refractivity contribution in [1.82, 2.24) is 10.2 Å². The topological polar surface area (TPSA) is 41.6 Å². The number of rotatable bonds is 7. The van der Waals surface area contributed by atoms with E-state index in [0.29, 0.717) is 19.5 Å². The first kappa shape index (κ1) is 21.9. The fourth-order valence-electron chi connectivity index (χ4n) is 3.18. The van der Waals surface area contributed by atoms with Gasteiger partial charge in [0.05, 0.1) is 7.11 Å². The molecular formula is C22H26ClFN2O2. The summed E-state index contributed by atoms with van der Waals surface area (Å²) in [5, 5.41) is 3.26. The van der Waals surface area contributed by atoms with E-state index in [-0.39, 0.29) is 24.1 Å². The lowest BCUT2D eigenvalue weighted by atomic mass is 10.0. The standard InChI is InChI=1S/C22H25FN2O2.ClH/c1-27-21-7-5-18(6-8-21)15-25(16-19-3-2-4-20(23)13-19)22(26)14-17-9-11-24-12-10-17;/h2-9,13,24H,10-12,14-16H2,1H3;1H. The lowest BCUT2D eigenvalue weighted by Crippen LogP contribution is -2.31. The second-order valence-electron chi connectivity index (χ2n) is 6.72. The molecule has 1 aliphatic rings.